The number of rotatable bonds is 13. The Morgan fingerprint density at radius 3 is 2.58 bits per heavy atom. The minimum Gasteiger partial charge on any atom is -0.508 e. The number of methoxy groups -OCH3 is 1. The van der Waals surface area contributed by atoms with Gasteiger partial charge in [-0.05, 0) is 162 Å². The number of anilines is 1. The maximum absolute atomic E-state index is 14.4. The van der Waals surface area contributed by atoms with E-state index >= 15 is 0 Å². The predicted molar refractivity (Wildman–Crippen MR) is 302 cm³/mol. The van der Waals surface area contributed by atoms with Crippen LogP contribution in [0.2, 0.25) is 0 Å². The molecule has 12 heteroatoms. The van der Waals surface area contributed by atoms with Gasteiger partial charge in [0.2, 0.25) is 0 Å². The molecule has 12 rings (SSSR count). The van der Waals surface area contributed by atoms with Gasteiger partial charge in [-0.15, -0.1) is 0 Å². The number of aryl methyl sites for hydroxylation is 3. The summed E-state index contributed by atoms with van der Waals surface area (Å²) in [6, 6.07) is 24.2. The molecule has 3 aliphatic carbocycles. The van der Waals surface area contributed by atoms with Gasteiger partial charge in [0.1, 0.15) is 36.1 Å². The highest BCUT2D eigenvalue weighted by Gasteiger charge is 2.47. The van der Waals surface area contributed by atoms with Crippen LogP contribution in [0.1, 0.15) is 133 Å². The Hall–Kier alpha value is -7.30. The molecule has 5 aromatic rings. The molecular formula is C65H71N3O9. The van der Waals surface area contributed by atoms with Crippen LogP contribution in [0.25, 0.3) is 16.8 Å². The van der Waals surface area contributed by atoms with Crippen molar-refractivity contribution in [3.05, 3.63) is 170 Å². The number of aliphatic hydroxyl groups excluding tert-OH is 2. The number of ether oxygens (including phenoxy) is 4. The number of unbranched alkanes of at least 4 members (excludes halogenated alkanes) is 1. The van der Waals surface area contributed by atoms with Crippen molar-refractivity contribution in [2.24, 2.45) is 22.6 Å². The summed E-state index contributed by atoms with van der Waals surface area (Å²) in [5.41, 5.74) is 14.3. The van der Waals surface area contributed by atoms with Crippen LogP contribution in [0.15, 0.2) is 120 Å². The van der Waals surface area contributed by atoms with Gasteiger partial charge in [-0.2, -0.15) is 0 Å². The number of aromatic hydroxyl groups is 1. The normalized spacial score (nSPS) is 22.8. The number of nitrogens with one attached hydrogen (secondary N) is 1. The van der Waals surface area contributed by atoms with Crippen LogP contribution in [0.3, 0.4) is 0 Å². The van der Waals surface area contributed by atoms with Gasteiger partial charge >= 0.3 is 0 Å². The summed E-state index contributed by atoms with van der Waals surface area (Å²) in [6.45, 7) is 5.21. The van der Waals surface area contributed by atoms with Gasteiger partial charge in [0.05, 0.1) is 19.1 Å². The van der Waals surface area contributed by atoms with E-state index in [9.17, 15) is 25.2 Å². The van der Waals surface area contributed by atoms with Crippen LogP contribution >= 0.6 is 0 Å². The molecule has 4 heterocycles. The van der Waals surface area contributed by atoms with E-state index in [1.54, 1.807) is 14.2 Å². The average Bonchev–Trinajstić information content (AvgIpc) is 3.63. The first-order valence-electron chi connectivity index (χ1n) is 27.3. The predicted octanol–water partition coefficient (Wildman–Crippen LogP) is 11.4. The molecule has 77 heavy (non-hydrogen) atoms. The summed E-state index contributed by atoms with van der Waals surface area (Å²) < 4.78 is 25.1. The summed E-state index contributed by atoms with van der Waals surface area (Å²) in [5.74, 6) is 4.44. The second-order valence-corrected chi connectivity index (χ2v) is 21.3. The van der Waals surface area contributed by atoms with Gasteiger partial charge in [0, 0.05) is 66.3 Å². The number of Topliss-reactive ketones (excluding diaryl/α,β-unsaturated/α-hetero) is 1. The molecule has 5 aromatic carbocycles. The number of nitrogens with two attached hydrogens (primary N) is 1. The quantitative estimate of drug-likeness (QED) is 0.0217. The van der Waals surface area contributed by atoms with E-state index in [2.05, 4.69) is 77.8 Å². The van der Waals surface area contributed by atoms with Gasteiger partial charge in [0.25, 0.3) is 0 Å². The lowest BCUT2D eigenvalue weighted by Gasteiger charge is -2.42. The fourth-order valence-corrected chi connectivity index (χ4v) is 12.7. The Kier molecular flexibility index (Phi) is 15.9. The standard InChI is InChI=1S/C65H71N3O9/c1-5-75-28-25-41-11-8-14-44(30-41)54-22-19-45-33-43(13-7-6-10-40-12-9-15-47(31-40)68-64(66)67-3)46(35-55(45)70)34-49-36-48(69)20-17-42-18-23-57(74-4)58(32-42)77-38-53-50-21-16-39(2)52-37-56(71)62-61(59(50)52)51(60(53)63(72)73)24-26-65(54,62)27-29-76-49/h8-9,11-12,14-16,18-19,21-23,30-33,35,37,39,43,46,49,54,63,70-73H,5-7,10,13,17,20,24-26,28,34,36,38H2,1-4H3,(H3,66,67,68). The number of phenols is 1. The molecular weight excluding hydrogens is 967 g/mol. The van der Waals surface area contributed by atoms with Gasteiger partial charge in [-0.25, -0.2) is 0 Å². The number of hydrogen-bond acceptors (Lipinski definition) is 10. The topological polar surface area (TPSA) is 185 Å². The van der Waals surface area contributed by atoms with Gasteiger partial charge in [0.15, 0.2) is 23.7 Å². The van der Waals surface area contributed by atoms with E-state index in [0.717, 1.165) is 70.0 Å². The van der Waals surface area contributed by atoms with Crippen molar-refractivity contribution in [1.82, 2.24) is 0 Å². The third-order valence-corrected chi connectivity index (χ3v) is 16.5. The third-order valence-electron chi connectivity index (χ3n) is 16.5. The molecule has 0 radical (unpaired) electrons. The smallest absolute Gasteiger partial charge is 0.192 e. The maximum Gasteiger partial charge on any atom is 0.192 e. The lowest BCUT2D eigenvalue weighted by molar-refractivity contribution is -0.121. The maximum atomic E-state index is 14.4. The minimum atomic E-state index is -1.88. The zero-order valence-corrected chi connectivity index (χ0v) is 44.6. The van der Waals surface area contributed by atoms with Crippen LogP contribution < -0.4 is 20.5 Å². The highest BCUT2D eigenvalue weighted by atomic mass is 16.5. The molecule has 0 fully saturated rings. The van der Waals surface area contributed by atoms with E-state index in [1.165, 1.54) is 5.56 Å². The van der Waals surface area contributed by atoms with E-state index in [-0.39, 0.29) is 54.5 Å². The highest BCUT2D eigenvalue weighted by molar-refractivity contribution is 6.04. The van der Waals surface area contributed by atoms with Crippen molar-refractivity contribution in [3.63, 3.8) is 0 Å². The van der Waals surface area contributed by atoms with Crippen molar-refractivity contribution in [1.29, 1.82) is 0 Å². The third kappa shape index (κ3) is 11.0. The molecule has 11 bridgehead atoms. The number of fused-ring (bicyclic) bond motifs is 6. The molecule has 7 N–H and O–H groups in total. The van der Waals surface area contributed by atoms with Crippen LogP contribution in [-0.2, 0) is 52.0 Å². The Morgan fingerprint density at radius 2 is 1.78 bits per heavy atom. The number of aliphatic imine (C=N–C) groups is 1. The molecule has 0 saturated heterocycles. The van der Waals surface area contributed by atoms with Crippen LogP contribution in [-0.4, -0.2) is 65.6 Å². The molecule has 6 unspecified atom stereocenters. The summed E-state index contributed by atoms with van der Waals surface area (Å²) >= 11 is 0. The second kappa shape index (κ2) is 23.1. The fourth-order valence-electron chi connectivity index (χ4n) is 12.7. The zero-order valence-electron chi connectivity index (χ0n) is 44.6. The van der Waals surface area contributed by atoms with E-state index in [0.29, 0.717) is 90.6 Å². The largest absolute Gasteiger partial charge is 0.508 e. The van der Waals surface area contributed by atoms with Crippen LogP contribution in [0.4, 0.5) is 5.69 Å². The monoisotopic (exact) mass is 1040 g/mol. The lowest BCUT2D eigenvalue weighted by atomic mass is 9.59. The van der Waals surface area contributed by atoms with Crippen molar-refractivity contribution in [2.45, 2.75) is 121 Å². The molecule has 6 atom stereocenters. The number of guanidine groups is 1. The first kappa shape index (κ1) is 53.1. The molecule has 4 aliphatic heterocycles. The first-order valence-corrected chi connectivity index (χ1v) is 27.3. The van der Waals surface area contributed by atoms with E-state index in [1.807, 2.05) is 67.6 Å². The van der Waals surface area contributed by atoms with Crippen molar-refractivity contribution in [3.8, 4) is 29.3 Å². The van der Waals surface area contributed by atoms with Crippen LogP contribution in [0, 0.1) is 23.9 Å². The number of nitrogens with zero attached hydrogens (tertiary/aromatic N) is 1. The number of hydrogen-bond donors (Lipinski definition) is 6. The molecule has 0 aromatic heterocycles. The number of ketones is 1. The molecule has 0 amide bonds. The number of carbonyl (C=O) groups is 1. The van der Waals surface area contributed by atoms with Gasteiger partial charge in [-0.3, -0.25) is 9.79 Å². The Balaban J connectivity index is 1.16. The lowest BCUT2D eigenvalue weighted by Crippen LogP contribution is -2.36. The SMILES string of the molecule is CCOCCc1cccc(C2C=CC3=CC(CCCCc4cccc(NC(N)=NC)c4)C(C=C3O)CC3CC(=O)CCc4ccc(OC)c(c4)OCc4c(C(O)O)c5c6c(c(O)cc7c6c4C=CC7C)C2(C#CO3)CC5)c1. The number of allylic oxidation sites excluding steroid dienone is 5. The van der Waals surface area contributed by atoms with Gasteiger partial charge < -0.3 is 50.4 Å². The van der Waals surface area contributed by atoms with Gasteiger partial charge in [-0.1, -0.05) is 86.2 Å². The Morgan fingerprint density at radius 1 is 0.948 bits per heavy atom. The molecule has 0 saturated carbocycles. The van der Waals surface area contributed by atoms with Crippen molar-refractivity contribution in [2.75, 3.05) is 32.7 Å². The summed E-state index contributed by atoms with van der Waals surface area (Å²) in [6.07, 6.45) is 19.2. The summed E-state index contributed by atoms with van der Waals surface area (Å²) in [4.78, 5) is 18.4. The van der Waals surface area contributed by atoms with E-state index in [4.69, 9.17) is 24.7 Å². The minimum absolute atomic E-state index is 0.000836. The average molecular weight is 1040 g/mol. The fraction of sp³-hybridized carbons (Fsp3) is 0.385. The number of benzene rings is 5. The van der Waals surface area contributed by atoms with Crippen molar-refractivity contribution >= 4 is 34.3 Å². The molecule has 7 aliphatic rings. The highest BCUT2D eigenvalue weighted by Crippen LogP contribution is 2.57. The van der Waals surface area contributed by atoms with Crippen molar-refractivity contribution < 1.29 is 44.2 Å². The number of aliphatic hydroxyl groups is 3. The molecule has 12 nitrogen and oxygen atoms in total. The van der Waals surface area contributed by atoms with E-state index < -0.39 is 23.7 Å². The summed E-state index contributed by atoms with van der Waals surface area (Å²) in [5, 5.41) is 53.0. The molecule has 1 spiro atoms. The second-order valence-electron chi connectivity index (χ2n) is 21.3. The zero-order chi connectivity index (χ0) is 53.8. The number of carbonyl (C=O) groups excluding carboxylic acids is 1. The Labute approximate surface area is 452 Å². The van der Waals surface area contributed by atoms with Crippen LogP contribution in [0.5, 0.6) is 17.2 Å². The molecule has 400 valence electrons. The summed E-state index contributed by atoms with van der Waals surface area (Å²) in [7, 11) is 3.23. The Bertz CT molecular complexity index is 3280. The number of phenolic OH excluding ortho intramolecular Hbond substituents is 1. The first-order chi connectivity index (χ1) is 37.4.